The molecule has 0 radical (unpaired) electrons. The molecule has 1 aromatic rings. The van der Waals surface area contributed by atoms with Gasteiger partial charge in [-0.15, -0.1) is 11.3 Å². The summed E-state index contributed by atoms with van der Waals surface area (Å²) < 4.78 is 0. The molecule has 1 amide bonds. The molecular weight excluding hydrogens is 280 g/mol. The second-order valence-corrected chi connectivity index (χ2v) is 7.82. The molecule has 21 heavy (non-hydrogen) atoms. The Kier molecular flexibility index (Phi) is 4.65. The molecule has 116 valence electrons. The molecule has 1 fully saturated rings. The summed E-state index contributed by atoms with van der Waals surface area (Å²) in [6, 6.07) is 2.85. The molecule has 0 aromatic carbocycles. The molecule has 0 unspecified atom stereocenters. The van der Waals surface area contributed by atoms with Crippen LogP contribution in [-0.2, 0) is 17.8 Å². The number of fused-ring (bicyclic) bond motifs is 1. The van der Waals surface area contributed by atoms with Crippen LogP contribution in [0.5, 0.6) is 0 Å². The molecule has 2 heterocycles. The average molecular weight is 306 g/mol. The van der Waals surface area contributed by atoms with E-state index in [9.17, 15) is 4.79 Å². The highest BCUT2D eigenvalue weighted by Crippen LogP contribution is 2.28. The predicted octanol–water partition coefficient (Wildman–Crippen LogP) is 3.14. The van der Waals surface area contributed by atoms with Crippen molar-refractivity contribution in [1.29, 1.82) is 0 Å². The zero-order chi connectivity index (χ0) is 14.8. The maximum absolute atomic E-state index is 12.6. The van der Waals surface area contributed by atoms with Crippen molar-refractivity contribution in [2.75, 3.05) is 19.6 Å². The number of carbonyl (C=O) groups excluding carboxylic acids is 1. The Morgan fingerprint density at radius 3 is 3.00 bits per heavy atom. The van der Waals surface area contributed by atoms with Gasteiger partial charge in [0.25, 0.3) is 0 Å². The standard InChI is InChI=1S/C17H26N2OS/c1-13(2)5-8-18(15-3-4-15)12-17(20)19-9-6-16-14(11-19)7-10-21-16/h7,10,13,15H,3-6,8-9,11-12H2,1-2H3. The number of hydrogen-bond donors (Lipinski definition) is 0. The van der Waals surface area contributed by atoms with Crippen LogP contribution in [0.1, 0.15) is 43.6 Å². The van der Waals surface area contributed by atoms with Gasteiger partial charge in [0.05, 0.1) is 6.54 Å². The molecule has 1 saturated carbocycles. The molecule has 0 bridgehead atoms. The fourth-order valence-electron chi connectivity index (χ4n) is 2.99. The Hall–Kier alpha value is -0.870. The third-order valence-electron chi connectivity index (χ3n) is 4.56. The van der Waals surface area contributed by atoms with Crippen LogP contribution in [0.4, 0.5) is 0 Å². The summed E-state index contributed by atoms with van der Waals surface area (Å²) in [4.78, 5) is 18.6. The van der Waals surface area contributed by atoms with Gasteiger partial charge in [0.1, 0.15) is 0 Å². The maximum Gasteiger partial charge on any atom is 0.237 e. The highest BCUT2D eigenvalue weighted by atomic mass is 32.1. The molecule has 1 aliphatic heterocycles. The van der Waals surface area contributed by atoms with Gasteiger partial charge in [-0.25, -0.2) is 0 Å². The molecule has 3 nitrogen and oxygen atoms in total. The number of thiophene rings is 1. The van der Waals surface area contributed by atoms with E-state index in [0.29, 0.717) is 24.4 Å². The quantitative estimate of drug-likeness (QED) is 0.806. The minimum atomic E-state index is 0.322. The summed E-state index contributed by atoms with van der Waals surface area (Å²) in [6.45, 7) is 7.93. The third-order valence-corrected chi connectivity index (χ3v) is 5.58. The van der Waals surface area contributed by atoms with Gasteiger partial charge in [-0.1, -0.05) is 13.8 Å². The number of amides is 1. The van der Waals surface area contributed by atoms with E-state index in [1.165, 1.54) is 29.7 Å². The fraction of sp³-hybridized carbons (Fsp3) is 0.706. The Bertz CT molecular complexity index is 493. The van der Waals surface area contributed by atoms with Gasteiger partial charge in [-0.05, 0) is 55.2 Å². The molecule has 1 aliphatic carbocycles. The largest absolute Gasteiger partial charge is 0.337 e. The van der Waals surface area contributed by atoms with Crippen molar-refractivity contribution < 1.29 is 4.79 Å². The van der Waals surface area contributed by atoms with Crippen molar-refractivity contribution >= 4 is 17.2 Å². The lowest BCUT2D eigenvalue weighted by molar-refractivity contribution is -0.133. The zero-order valence-corrected chi connectivity index (χ0v) is 14.0. The number of rotatable bonds is 6. The van der Waals surface area contributed by atoms with E-state index in [-0.39, 0.29) is 0 Å². The maximum atomic E-state index is 12.6. The molecule has 2 aliphatic rings. The Labute approximate surface area is 131 Å². The van der Waals surface area contributed by atoms with E-state index < -0.39 is 0 Å². The van der Waals surface area contributed by atoms with E-state index >= 15 is 0 Å². The second kappa shape index (κ2) is 6.49. The lowest BCUT2D eigenvalue weighted by atomic mass is 10.1. The summed E-state index contributed by atoms with van der Waals surface area (Å²) in [6.07, 6.45) is 4.78. The van der Waals surface area contributed by atoms with E-state index in [1.54, 1.807) is 0 Å². The average Bonchev–Trinajstić information content (AvgIpc) is 3.19. The first-order chi connectivity index (χ1) is 10.1. The molecule has 0 saturated heterocycles. The fourth-order valence-corrected chi connectivity index (χ4v) is 3.88. The first-order valence-electron chi connectivity index (χ1n) is 8.20. The molecule has 0 spiro atoms. The summed E-state index contributed by atoms with van der Waals surface area (Å²) in [5.41, 5.74) is 1.36. The van der Waals surface area contributed by atoms with Crippen LogP contribution in [0.2, 0.25) is 0 Å². The first-order valence-corrected chi connectivity index (χ1v) is 9.08. The number of nitrogens with zero attached hydrogens (tertiary/aromatic N) is 2. The molecule has 3 rings (SSSR count). The van der Waals surface area contributed by atoms with Crippen molar-refractivity contribution in [2.24, 2.45) is 5.92 Å². The van der Waals surface area contributed by atoms with Gasteiger partial charge in [0, 0.05) is 24.0 Å². The highest BCUT2D eigenvalue weighted by molar-refractivity contribution is 7.10. The number of carbonyl (C=O) groups is 1. The van der Waals surface area contributed by atoms with Gasteiger partial charge in [0.15, 0.2) is 0 Å². The summed E-state index contributed by atoms with van der Waals surface area (Å²) >= 11 is 1.83. The zero-order valence-electron chi connectivity index (χ0n) is 13.2. The predicted molar refractivity (Wildman–Crippen MR) is 87.5 cm³/mol. The van der Waals surface area contributed by atoms with Crippen LogP contribution < -0.4 is 0 Å². The van der Waals surface area contributed by atoms with E-state index in [4.69, 9.17) is 0 Å². The minimum absolute atomic E-state index is 0.322. The van der Waals surface area contributed by atoms with Crippen LogP contribution >= 0.6 is 11.3 Å². The molecule has 0 atom stereocenters. The van der Waals surface area contributed by atoms with Crippen molar-refractivity contribution in [3.05, 3.63) is 21.9 Å². The van der Waals surface area contributed by atoms with Crippen molar-refractivity contribution in [3.63, 3.8) is 0 Å². The Balaban J connectivity index is 1.55. The van der Waals surface area contributed by atoms with Gasteiger partial charge >= 0.3 is 0 Å². The molecular formula is C17H26N2OS. The molecule has 4 heteroatoms. The summed E-state index contributed by atoms with van der Waals surface area (Å²) in [5, 5.41) is 2.15. The van der Waals surface area contributed by atoms with Gasteiger partial charge in [-0.3, -0.25) is 9.69 Å². The third kappa shape index (κ3) is 3.86. The lowest BCUT2D eigenvalue weighted by Gasteiger charge is -2.30. The SMILES string of the molecule is CC(C)CCN(CC(=O)N1CCc2sccc2C1)C1CC1. The van der Waals surface area contributed by atoms with E-state index in [2.05, 4.69) is 35.1 Å². The first kappa shape index (κ1) is 15.0. The summed E-state index contributed by atoms with van der Waals surface area (Å²) in [7, 11) is 0. The van der Waals surface area contributed by atoms with Crippen LogP contribution in [0, 0.1) is 5.92 Å². The smallest absolute Gasteiger partial charge is 0.237 e. The Morgan fingerprint density at radius 1 is 1.48 bits per heavy atom. The lowest BCUT2D eigenvalue weighted by Crippen LogP contribution is -2.43. The normalized spacial score (nSPS) is 18.4. The second-order valence-electron chi connectivity index (χ2n) is 6.82. The van der Waals surface area contributed by atoms with Crippen LogP contribution in [-0.4, -0.2) is 41.4 Å². The minimum Gasteiger partial charge on any atom is -0.337 e. The van der Waals surface area contributed by atoms with Gasteiger partial charge < -0.3 is 4.90 Å². The van der Waals surface area contributed by atoms with E-state index in [0.717, 1.165) is 26.1 Å². The van der Waals surface area contributed by atoms with Crippen molar-refractivity contribution in [2.45, 2.75) is 52.1 Å². The van der Waals surface area contributed by atoms with Gasteiger partial charge in [0.2, 0.25) is 5.91 Å². The topological polar surface area (TPSA) is 23.6 Å². The van der Waals surface area contributed by atoms with Gasteiger partial charge in [-0.2, -0.15) is 0 Å². The van der Waals surface area contributed by atoms with Crippen LogP contribution in [0.25, 0.3) is 0 Å². The number of hydrogen-bond acceptors (Lipinski definition) is 3. The van der Waals surface area contributed by atoms with Crippen LogP contribution in [0.3, 0.4) is 0 Å². The monoisotopic (exact) mass is 306 g/mol. The van der Waals surface area contributed by atoms with E-state index in [1.807, 2.05) is 11.3 Å². The summed E-state index contributed by atoms with van der Waals surface area (Å²) in [5.74, 6) is 1.03. The van der Waals surface area contributed by atoms with Crippen molar-refractivity contribution in [3.8, 4) is 0 Å². The highest BCUT2D eigenvalue weighted by Gasteiger charge is 2.31. The molecule has 0 N–H and O–H groups in total. The van der Waals surface area contributed by atoms with Crippen molar-refractivity contribution in [1.82, 2.24) is 9.80 Å². The molecule has 1 aromatic heterocycles. The Morgan fingerprint density at radius 2 is 2.29 bits per heavy atom. The van der Waals surface area contributed by atoms with Crippen LogP contribution in [0.15, 0.2) is 11.4 Å².